The summed E-state index contributed by atoms with van der Waals surface area (Å²) in [6.45, 7) is 0.859. The van der Waals surface area contributed by atoms with Crippen molar-refractivity contribution in [3.63, 3.8) is 0 Å². The van der Waals surface area contributed by atoms with Crippen molar-refractivity contribution in [2.24, 2.45) is 10.3 Å². The Morgan fingerprint density at radius 1 is 1.21 bits per heavy atom. The number of hydrogen-bond donors (Lipinski definition) is 4. The lowest BCUT2D eigenvalue weighted by atomic mass is 9.95. The first-order valence-corrected chi connectivity index (χ1v) is 13.1. The van der Waals surface area contributed by atoms with Crippen molar-refractivity contribution in [2.75, 3.05) is 0 Å². The number of aromatic nitrogens is 3. The molecule has 0 aliphatic heterocycles. The fourth-order valence-corrected chi connectivity index (χ4v) is 4.49. The molecule has 2 amide bonds. The smallest absolute Gasteiger partial charge is 0.361 e. The van der Waals surface area contributed by atoms with Crippen molar-refractivity contribution in [3.8, 4) is 5.82 Å². The molecule has 0 spiro atoms. The zero-order valence-electron chi connectivity index (χ0n) is 21.6. The van der Waals surface area contributed by atoms with Gasteiger partial charge in [0, 0.05) is 17.8 Å². The zero-order valence-corrected chi connectivity index (χ0v) is 23.1. The van der Waals surface area contributed by atoms with Crippen LogP contribution in [-0.2, 0) is 11.3 Å². The highest BCUT2D eigenvalue weighted by molar-refractivity contribution is 6.32. The van der Waals surface area contributed by atoms with Gasteiger partial charge >= 0.3 is 12.1 Å². The number of nitrogens with zero attached hydrogens (tertiary/aromatic N) is 5. The molecule has 2 aromatic rings. The minimum absolute atomic E-state index is 0.0331. The Hall–Kier alpha value is -3.92. The third-order valence-electron chi connectivity index (χ3n) is 6.12. The quantitative estimate of drug-likeness (QED) is 0.0783. The molecule has 2 aliphatic carbocycles. The molecule has 4 rings (SSSR count). The highest BCUT2D eigenvalue weighted by Crippen LogP contribution is 2.36. The van der Waals surface area contributed by atoms with Gasteiger partial charge in [-0.1, -0.05) is 22.9 Å². The van der Waals surface area contributed by atoms with Crippen LogP contribution in [0, 0.1) is 5.53 Å². The number of carbonyl (C=O) groups excluding carboxylic acids is 2. The van der Waals surface area contributed by atoms with E-state index in [9.17, 15) is 31.5 Å². The Balaban J connectivity index is 1.69. The van der Waals surface area contributed by atoms with E-state index >= 15 is 0 Å². The van der Waals surface area contributed by atoms with E-state index in [1.165, 1.54) is 18.3 Å². The number of amides is 2. The average Bonchev–Trinajstić information content (AvgIpc) is 3.62. The molecule has 18 heteroatoms. The lowest BCUT2D eigenvalue weighted by Gasteiger charge is -2.23. The summed E-state index contributed by atoms with van der Waals surface area (Å²) in [6, 6.07) is 4.07. The number of allylic oxidation sites excluding steroid dienone is 2. The molecule has 2 aliphatic rings. The van der Waals surface area contributed by atoms with Crippen LogP contribution < -0.4 is 16.0 Å². The molecule has 42 heavy (non-hydrogen) atoms. The van der Waals surface area contributed by atoms with Crippen LogP contribution in [0.5, 0.6) is 0 Å². The van der Waals surface area contributed by atoms with Crippen LogP contribution in [-0.4, -0.2) is 55.9 Å². The van der Waals surface area contributed by atoms with Gasteiger partial charge in [0.2, 0.25) is 11.7 Å². The van der Waals surface area contributed by atoms with Crippen LogP contribution >= 0.6 is 23.2 Å². The van der Waals surface area contributed by atoms with E-state index in [1.807, 2.05) is 0 Å². The van der Waals surface area contributed by atoms with E-state index in [1.54, 1.807) is 18.3 Å². The first kappa shape index (κ1) is 31.0. The minimum atomic E-state index is -6.03. The Morgan fingerprint density at radius 2 is 1.93 bits per heavy atom. The van der Waals surface area contributed by atoms with Crippen LogP contribution in [0.25, 0.3) is 5.82 Å². The summed E-state index contributed by atoms with van der Waals surface area (Å²) in [5.41, 5.74) is 7.14. The molecule has 0 aromatic carbocycles. The summed E-state index contributed by atoms with van der Waals surface area (Å²) in [7, 11) is 0. The Kier molecular flexibility index (Phi) is 8.96. The predicted octanol–water partition coefficient (Wildman–Crippen LogP) is 4.77. The first-order valence-electron chi connectivity index (χ1n) is 12.2. The minimum Gasteiger partial charge on any atom is -0.361 e. The van der Waals surface area contributed by atoms with E-state index in [2.05, 4.69) is 31.0 Å². The number of hydrogen-bond acceptors (Lipinski definition) is 6. The fourth-order valence-electron chi connectivity index (χ4n) is 3.95. The van der Waals surface area contributed by atoms with Crippen molar-refractivity contribution in [2.45, 2.75) is 56.2 Å². The molecule has 2 aromatic heterocycles. The van der Waals surface area contributed by atoms with Gasteiger partial charge in [0.25, 0.3) is 5.91 Å². The summed E-state index contributed by atoms with van der Waals surface area (Å²) in [5, 5.41) is 15.8. The van der Waals surface area contributed by atoms with E-state index in [-0.39, 0.29) is 46.0 Å². The van der Waals surface area contributed by atoms with Gasteiger partial charge in [-0.05, 0) is 50.0 Å². The lowest BCUT2D eigenvalue weighted by molar-refractivity contribution is -0.250. The molecule has 224 valence electrons. The number of pyridine rings is 1. The molecule has 0 radical (unpaired) electrons. The van der Waals surface area contributed by atoms with Crippen LogP contribution in [0.4, 0.5) is 22.0 Å². The van der Waals surface area contributed by atoms with E-state index < -0.39 is 41.7 Å². The molecule has 0 bridgehead atoms. The maximum Gasteiger partial charge on any atom is 0.461 e. The van der Waals surface area contributed by atoms with Crippen LogP contribution in [0.3, 0.4) is 0 Å². The van der Waals surface area contributed by atoms with Gasteiger partial charge < -0.3 is 16.0 Å². The van der Waals surface area contributed by atoms with Gasteiger partial charge in [-0.2, -0.15) is 32.6 Å². The number of rotatable bonds is 9. The number of halogens is 7. The van der Waals surface area contributed by atoms with Crippen LogP contribution in [0.2, 0.25) is 5.02 Å². The molecule has 1 atom stereocenters. The number of carbonyl (C=O) groups is 2. The Bertz CT molecular complexity index is 1500. The SMILES string of the molecule is CC1=CC(Cl)CC(C(=O)NC2CC2)=C1NC(=O)c1cc(CN/C(=N\N=N)C(F)(F)C(F)(F)F)nn1-c1ncccc1Cl. The molecule has 1 saturated carbocycles. The van der Waals surface area contributed by atoms with Crippen molar-refractivity contribution < 1.29 is 31.5 Å². The van der Waals surface area contributed by atoms with Crippen molar-refractivity contribution in [3.05, 3.63) is 63.7 Å². The van der Waals surface area contributed by atoms with Gasteiger partial charge in [0.1, 0.15) is 5.69 Å². The highest BCUT2D eigenvalue weighted by Gasteiger charge is 2.62. The average molecular weight is 634 g/mol. The highest BCUT2D eigenvalue weighted by atomic mass is 35.5. The standard InChI is InChI=1S/C24H22Cl2F5N9O2/c1-11-7-12(25)8-15(20(41)35-13-4-5-13)18(11)36-21(42)17-9-14(38-40(17)19-16(26)3-2-6-33-19)10-34-22(37-39-32)23(27,28)24(29,30)31/h2-3,6-7,9,12-13H,4-5,8,10H2,1H3,(H,35,41)(H,36,42)(H2,32,34,37). The Labute approximate surface area is 244 Å². The molecule has 0 saturated heterocycles. The summed E-state index contributed by atoms with van der Waals surface area (Å²) in [6.07, 6.45) is -1.24. The zero-order chi connectivity index (χ0) is 30.8. The lowest BCUT2D eigenvalue weighted by Crippen LogP contribution is -2.50. The van der Waals surface area contributed by atoms with Gasteiger partial charge in [-0.3, -0.25) is 9.59 Å². The first-order chi connectivity index (χ1) is 19.7. The molecule has 1 fully saturated rings. The number of nitrogens with one attached hydrogen (secondary N) is 4. The topological polar surface area (TPSA) is 150 Å². The fraction of sp³-hybridized carbons (Fsp3) is 0.375. The van der Waals surface area contributed by atoms with Crippen molar-refractivity contribution in [1.29, 1.82) is 5.53 Å². The molecular weight excluding hydrogens is 612 g/mol. The van der Waals surface area contributed by atoms with E-state index in [4.69, 9.17) is 28.7 Å². The molecular formula is C24H22Cl2F5N9O2. The molecule has 1 unspecified atom stereocenters. The molecule has 11 nitrogen and oxygen atoms in total. The summed E-state index contributed by atoms with van der Waals surface area (Å²) in [4.78, 5) is 30.6. The van der Waals surface area contributed by atoms with Gasteiger partial charge in [-0.15, -0.1) is 16.7 Å². The van der Waals surface area contributed by atoms with Crippen molar-refractivity contribution in [1.82, 2.24) is 30.7 Å². The largest absolute Gasteiger partial charge is 0.461 e. The number of alkyl halides is 6. The molecule has 2 heterocycles. The summed E-state index contributed by atoms with van der Waals surface area (Å²) in [5.74, 6) is -8.67. The van der Waals surface area contributed by atoms with Gasteiger partial charge in [-0.25, -0.2) is 9.67 Å². The maximum absolute atomic E-state index is 13.9. The van der Waals surface area contributed by atoms with E-state index in [0.717, 1.165) is 23.6 Å². The second kappa shape index (κ2) is 12.1. The summed E-state index contributed by atoms with van der Waals surface area (Å²) >= 11 is 12.5. The monoisotopic (exact) mass is 633 g/mol. The Morgan fingerprint density at radius 3 is 2.55 bits per heavy atom. The van der Waals surface area contributed by atoms with Gasteiger partial charge in [0.05, 0.1) is 28.3 Å². The second-order valence-corrected chi connectivity index (χ2v) is 10.3. The second-order valence-electron chi connectivity index (χ2n) is 9.34. The number of amidine groups is 1. The summed E-state index contributed by atoms with van der Waals surface area (Å²) < 4.78 is 67.5. The normalized spacial score (nSPS) is 18.0. The van der Waals surface area contributed by atoms with Crippen LogP contribution in [0.15, 0.2) is 57.6 Å². The van der Waals surface area contributed by atoms with Gasteiger partial charge in [0.15, 0.2) is 5.82 Å². The van der Waals surface area contributed by atoms with Crippen LogP contribution in [0.1, 0.15) is 42.4 Å². The maximum atomic E-state index is 13.9. The predicted molar refractivity (Wildman–Crippen MR) is 140 cm³/mol. The van der Waals surface area contributed by atoms with Crippen molar-refractivity contribution >= 4 is 40.9 Å². The van der Waals surface area contributed by atoms with E-state index in [0.29, 0.717) is 5.57 Å². The third-order valence-corrected chi connectivity index (χ3v) is 6.70. The third kappa shape index (κ3) is 6.75. The molecule has 4 N–H and O–H groups in total.